The number of hydrogen-bond donors (Lipinski definition) is 2. The van der Waals surface area contributed by atoms with Gasteiger partial charge in [0.1, 0.15) is 29.3 Å². The molecule has 0 aliphatic carbocycles. The summed E-state index contributed by atoms with van der Waals surface area (Å²) in [5.74, 6) is 0.848. The van der Waals surface area contributed by atoms with Gasteiger partial charge in [-0.2, -0.15) is 10.5 Å². The van der Waals surface area contributed by atoms with Crippen molar-refractivity contribution in [1.82, 2.24) is 9.97 Å². The number of rotatable bonds is 1. The molecule has 0 spiro atoms. The van der Waals surface area contributed by atoms with Crippen molar-refractivity contribution in [3.63, 3.8) is 0 Å². The second-order valence-electron chi connectivity index (χ2n) is 6.08. The van der Waals surface area contributed by atoms with Gasteiger partial charge in [-0.15, -0.1) is 0 Å². The smallest absolute Gasteiger partial charge is 0.122 e. The Morgan fingerprint density at radius 2 is 1.31 bits per heavy atom. The summed E-state index contributed by atoms with van der Waals surface area (Å²) >= 11 is 3.45. The molecule has 0 aliphatic heterocycles. The Hall–Kier alpha value is -3.22. The highest BCUT2D eigenvalue weighted by molar-refractivity contribution is 9.10. The molecule has 2 N–H and O–H groups in total. The summed E-state index contributed by atoms with van der Waals surface area (Å²) in [4.78, 5) is 6.05. The number of nitrogens with one attached hydrogen (secondary N) is 2. The fourth-order valence-electron chi connectivity index (χ4n) is 2.99. The van der Waals surface area contributed by atoms with Crippen LogP contribution in [0.2, 0.25) is 0 Å². The summed E-state index contributed by atoms with van der Waals surface area (Å²) in [6.45, 7) is 4.01. The maximum Gasteiger partial charge on any atom is 0.122 e. The van der Waals surface area contributed by atoms with E-state index in [2.05, 4.69) is 38.0 Å². The molecule has 2 aromatic heterocycles. The molecule has 29 heavy (non-hydrogen) atoms. The first kappa shape index (κ1) is 23.8. The summed E-state index contributed by atoms with van der Waals surface area (Å²) in [6.07, 6.45) is 0. The summed E-state index contributed by atoms with van der Waals surface area (Å²) < 4.78 is 6.27. The van der Waals surface area contributed by atoms with Crippen molar-refractivity contribution < 1.29 is 4.74 Å². The number of nitrogens with zero attached hydrogens (tertiary/aromatic N) is 2. The Bertz CT molecular complexity index is 1220. The number of methoxy groups -OCH3 is 1. The van der Waals surface area contributed by atoms with Gasteiger partial charge in [-0.05, 0) is 55.8 Å². The summed E-state index contributed by atoms with van der Waals surface area (Å²) in [5, 5.41) is 19.6. The maximum absolute atomic E-state index is 8.74. The standard InChI is InChI=1S/C11H10N2O.C10H7BrN2.2CH4/c1-7-9-5-8(6-12)13-10(9)3-4-11(7)14-2;1-6-8-4-7(5-12)13-10(8)3-2-9(6)11;;/h3-5,13H,1-2H3;2-4,13H,1H3;2*1H4. The largest absolute Gasteiger partial charge is 0.496 e. The molecule has 0 radical (unpaired) electrons. The Labute approximate surface area is 180 Å². The average molecular weight is 453 g/mol. The summed E-state index contributed by atoms with van der Waals surface area (Å²) in [7, 11) is 1.64. The lowest BCUT2D eigenvalue weighted by Gasteiger charge is -2.04. The Morgan fingerprint density at radius 3 is 1.79 bits per heavy atom. The Morgan fingerprint density at radius 1 is 0.828 bits per heavy atom. The number of hydrogen-bond acceptors (Lipinski definition) is 3. The van der Waals surface area contributed by atoms with Crippen molar-refractivity contribution in [2.45, 2.75) is 28.7 Å². The van der Waals surface area contributed by atoms with Crippen LogP contribution in [-0.4, -0.2) is 17.1 Å². The lowest BCUT2D eigenvalue weighted by molar-refractivity contribution is 0.412. The van der Waals surface area contributed by atoms with Crippen LogP contribution in [0.5, 0.6) is 5.75 Å². The van der Waals surface area contributed by atoms with Gasteiger partial charge < -0.3 is 14.7 Å². The van der Waals surface area contributed by atoms with Crippen LogP contribution in [0.1, 0.15) is 37.4 Å². The van der Waals surface area contributed by atoms with Crippen molar-refractivity contribution in [1.29, 1.82) is 10.5 Å². The zero-order valence-electron chi connectivity index (χ0n) is 15.1. The minimum absolute atomic E-state index is 0. The third-order valence-corrected chi connectivity index (χ3v) is 5.35. The van der Waals surface area contributed by atoms with Gasteiger partial charge in [0.15, 0.2) is 0 Å². The zero-order chi connectivity index (χ0) is 19.6. The minimum atomic E-state index is 0. The van der Waals surface area contributed by atoms with Crippen molar-refractivity contribution >= 4 is 37.7 Å². The number of aromatic amines is 2. The highest BCUT2D eigenvalue weighted by Crippen LogP contribution is 2.27. The summed E-state index contributed by atoms with van der Waals surface area (Å²) in [5.41, 5.74) is 5.39. The molecule has 2 heterocycles. The lowest BCUT2D eigenvalue weighted by Crippen LogP contribution is -1.86. The molecule has 0 amide bonds. The SMILES string of the molecule is C.C.COc1ccc2[nH]c(C#N)cc2c1C.Cc1c(Br)ccc2[nH]c(C#N)cc12. The fourth-order valence-corrected chi connectivity index (χ4v) is 3.34. The van der Waals surface area contributed by atoms with Gasteiger partial charge in [0.05, 0.1) is 7.11 Å². The van der Waals surface area contributed by atoms with Crippen LogP contribution in [0.3, 0.4) is 0 Å². The molecule has 6 heteroatoms. The van der Waals surface area contributed by atoms with Gasteiger partial charge in [0, 0.05) is 31.8 Å². The highest BCUT2D eigenvalue weighted by atomic mass is 79.9. The normalized spacial score (nSPS) is 9.45. The number of aryl methyl sites for hydroxylation is 2. The first-order chi connectivity index (χ1) is 13.0. The number of fused-ring (bicyclic) bond motifs is 2. The van der Waals surface area contributed by atoms with E-state index in [1.54, 1.807) is 7.11 Å². The Balaban J connectivity index is 0.000000272. The van der Waals surface area contributed by atoms with E-state index in [1.165, 1.54) is 0 Å². The zero-order valence-corrected chi connectivity index (χ0v) is 16.7. The molecule has 0 saturated carbocycles. The van der Waals surface area contributed by atoms with E-state index in [0.717, 1.165) is 43.2 Å². The van der Waals surface area contributed by atoms with E-state index in [0.29, 0.717) is 11.4 Å². The van der Waals surface area contributed by atoms with E-state index in [4.69, 9.17) is 15.3 Å². The first-order valence-corrected chi connectivity index (χ1v) is 9.02. The molecule has 0 unspecified atom stereocenters. The molecule has 150 valence electrons. The van der Waals surface area contributed by atoms with Gasteiger partial charge in [0.25, 0.3) is 0 Å². The van der Waals surface area contributed by atoms with Crippen LogP contribution in [0, 0.1) is 36.5 Å². The van der Waals surface area contributed by atoms with Crippen molar-refractivity contribution in [2.24, 2.45) is 0 Å². The fraction of sp³-hybridized carbons (Fsp3) is 0.217. The van der Waals surface area contributed by atoms with Crippen LogP contribution < -0.4 is 4.74 Å². The number of nitriles is 2. The molecule has 0 atom stereocenters. The minimum Gasteiger partial charge on any atom is -0.496 e. The predicted molar refractivity (Wildman–Crippen MR) is 123 cm³/mol. The number of halogens is 1. The van der Waals surface area contributed by atoms with Crippen LogP contribution in [0.15, 0.2) is 40.9 Å². The molecule has 0 saturated heterocycles. The molecule has 4 aromatic rings. The number of ether oxygens (including phenoxy) is 1. The third-order valence-electron chi connectivity index (χ3n) is 4.49. The van der Waals surface area contributed by atoms with Gasteiger partial charge >= 0.3 is 0 Å². The average Bonchev–Trinajstić information content (AvgIpc) is 3.30. The van der Waals surface area contributed by atoms with Crippen LogP contribution >= 0.6 is 15.9 Å². The quantitative estimate of drug-likeness (QED) is 0.335. The van der Waals surface area contributed by atoms with E-state index in [-0.39, 0.29) is 14.9 Å². The molecular formula is C23H25BrN4O. The van der Waals surface area contributed by atoms with E-state index < -0.39 is 0 Å². The van der Waals surface area contributed by atoms with E-state index >= 15 is 0 Å². The molecule has 0 bridgehead atoms. The highest BCUT2D eigenvalue weighted by Gasteiger charge is 2.06. The second kappa shape index (κ2) is 9.82. The van der Waals surface area contributed by atoms with Gasteiger partial charge in [-0.3, -0.25) is 0 Å². The number of H-pyrrole nitrogens is 2. The molecular weight excluding hydrogens is 428 g/mol. The summed E-state index contributed by atoms with van der Waals surface area (Å²) in [6, 6.07) is 15.7. The van der Waals surface area contributed by atoms with Crippen molar-refractivity contribution in [2.75, 3.05) is 7.11 Å². The van der Waals surface area contributed by atoms with Crippen LogP contribution in [0.25, 0.3) is 21.8 Å². The van der Waals surface area contributed by atoms with Crippen LogP contribution in [0.4, 0.5) is 0 Å². The number of aromatic nitrogens is 2. The van der Waals surface area contributed by atoms with Crippen LogP contribution in [-0.2, 0) is 0 Å². The van der Waals surface area contributed by atoms with E-state index in [9.17, 15) is 0 Å². The van der Waals surface area contributed by atoms with Gasteiger partial charge in [0.2, 0.25) is 0 Å². The van der Waals surface area contributed by atoms with Gasteiger partial charge in [-0.1, -0.05) is 30.8 Å². The topological polar surface area (TPSA) is 88.4 Å². The molecule has 0 fully saturated rings. The van der Waals surface area contributed by atoms with E-state index in [1.807, 2.05) is 50.2 Å². The third kappa shape index (κ3) is 4.62. The molecule has 2 aromatic carbocycles. The maximum atomic E-state index is 8.74. The van der Waals surface area contributed by atoms with Crippen molar-refractivity contribution in [3.05, 3.63) is 63.4 Å². The molecule has 4 rings (SSSR count). The number of benzene rings is 2. The van der Waals surface area contributed by atoms with Crippen molar-refractivity contribution in [3.8, 4) is 17.9 Å². The predicted octanol–water partition coefficient (Wildman–Crippen LogP) is 6.74. The first-order valence-electron chi connectivity index (χ1n) is 8.22. The monoisotopic (exact) mass is 452 g/mol. The molecule has 5 nitrogen and oxygen atoms in total. The Kier molecular flexibility index (Phi) is 8.06. The lowest BCUT2D eigenvalue weighted by atomic mass is 10.1. The second-order valence-corrected chi connectivity index (χ2v) is 6.93. The van der Waals surface area contributed by atoms with Gasteiger partial charge in [-0.25, -0.2) is 0 Å². The molecule has 0 aliphatic rings.